The van der Waals surface area contributed by atoms with Gasteiger partial charge >= 0.3 is 5.97 Å². The minimum absolute atomic E-state index is 0.402. The number of carboxylic acids is 1. The lowest BCUT2D eigenvalue weighted by atomic mass is 10.1. The first-order chi connectivity index (χ1) is 7.77. The quantitative estimate of drug-likeness (QED) is 0.834. The van der Waals surface area contributed by atoms with E-state index >= 15 is 0 Å². The van der Waals surface area contributed by atoms with Gasteiger partial charge in [0.2, 0.25) is 0 Å². The third-order valence-electron chi connectivity index (χ3n) is 2.31. The summed E-state index contributed by atoms with van der Waals surface area (Å²) in [6, 6.07) is 8.75. The van der Waals surface area contributed by atoms with E-state index in [4.69, 9.17) is 5.11 Å². The van der Waals surface area contributed by atoms with E-state index in [0.717, 1.165) is 5.56 Å². The van der Waals surface area contributed by atoms with Gasteiger partial charge < -0.3 is 5.11 Å². The average molecular weight is 217 g/mol. The van der Waals surface area contributed by atoms with E-state index in [1.807, 2.05) is 30.3 Å². The van der Waals surface area contributed by atoms with E-state index in [-0.39, 0.29) is 0 Å². The number of rotatable bonds is 4. The van der Waals surface area contributed by atoms with Crippen molar-refractivity contribution < 1.29 is 9.90 Å². The molecule has 0 saturated heterocycles. The topological polar surface area (TPSA) is 68.0 Å². The van der Waals surface area contributed by atoms with Crippen molar-refractivity contribution in [2.45, 2.75) is 12.5 Å². The largest absolute Gasteiger partial charge is 0.480 e. The highest BCUT2D eigenvalue weighted by molar-refractivity contribution is 5.72. The molecule has 1 N–H and O–H groups in total. The number of carbonyl (C=O) groups is 1. The second-order valence-corrected chi connectivity index (χ2v) is 3.42. The van der Waals surface area contributed by atoms with Crippen molar-refractivity contribution in [2.24, 2.45) is 0 Å². The lowest BCUT2D eigenvalue weighted by molar-refractivity contribution is -0.141. The minimum Gasteiger partial charge on any atom is -0.480 e. The summed E-state index contributed by atoms with van der Waals surface area (Å²) in [6.07, 6.45) is 3.15. The molecule has 1 aromatic carbocycles. The third kappa shape index (κ3) is 2.25. The summed E-state index contributed by atoms with van der Waals surface area (Å²) in [5.41, 5.74) is 0.963. The van der Waals surface area contributed by atoms with E-state index in [1.165, 1.54) is 17.3 Å². The van der Waals surface area contributed by atoms with E-state index in [0.29, 0.717) is 6.42 Å². The predicted molar refractivity (Wildman–Crippen MR) is 56.8 cm³/mol. The SMILES string of the molecule is O=C(O)[C@H](Cc1ccccc1)n1cncn1. The zero-order valence-corrected chi connectivity index (χ0v) is 8.52. The fourth-order valence-electron chi connectivity index (χ4n) is 1.51. The lowest BCUT2D eigenvalue weighted by Crippen LogP contribution is -2.21. The van der Waals surface area contributed by atoms with Gasteiger partial charge in [-0.05, 0) is 5.56 Å². The smallest absolute Gasteiger partial charge is 0.328 e. The van der Waals surface area contributed by atoms with E-state index in [2.05, 4.69) is 10.1 Å². The normalized spacial score (nSPS) is 12.2. The third-order valence-corrected chi connectivity index (χ3v) is 2.31. The van der Waals surface area contributed by atoms with Gasteiger partial charge in [0.1, 0.15) is 12.7 Å². The molecule has 0 unspecified atom stereocenters. The Morgan fingerprint density at radius 2 is 2.12 bits per heavy atom. The van der Waals surface area contributed by atoms with Crippen molar-refractivity contribution in [3.05, 3.63) is 48.5 Å². The number of carboxylic acid groups (broad SMARTS) is 1. The van der Waals surface area contributed by atoms with Crippen LogP contribution in [0.1, 0.15) is 11.6 Å². The summed E-state index contributed by atoms with van der Waals surface area (Å²) in [4.78, 5) is 14.9. The Morgan fingerprint density at radius 1 is 1.38 bits per heavy atom. The molecule has 5 heteroatoms. The van der Waals surface area contributed by atoms with Crippen LogP contribution < -0.4 is 0 Å². The van der Waals surface area contributed by atoms with Crippen LogP contribution in [-0.2, 0) is 11.2 Å². The Labute approximate surface area is 92.4 Å². The van der Waals surface area contributed by atoms with E-state index < -0.39 is 12.0 Å². The Kier molecular flexibility index (Phi) is 2.95. The molecule has 1 aromatic heterocycles. The van der Waals surface area contributed by atoms with Crippen LogP contribution in [0, 0.1) is 0 Å². The van der Waals surface area contributed by atoms with Gasteiger partial charge in [-0.2, -0.15) is 5.10 Å². The number of benzene rings is 1. The van der Waals surface area contributed by atoms with Crippen molar-refractivity contribution in [1.82, 2.24) is 14.8 Å². The number of aromatic nitrogens is 3. The van der Waals surface area contributed by atoms with Crippen molar-refractivity contribution in [1.29, 1.82) is 0 Å². The van der Waals surface area contributed by atoms with Gasteiger partial charge in [-0.3, -0.25) is 0 Å². The molecule has 0 amide bonds. The molecule has 0 aliphatic carbocycles. The molecule has 0 saturated carbocycles. The number of hydrogen-bond acceptors (Lipinski definition) is 3. The second kappa shape index (κ2) is 4.57. The van der Waals surface area contributed by atoms with Crippen molar-refractivity contribution in [3.8, 4) is 0 Å². The van der Waals surface area contributed by atoms with Crippen LogP contribution in [0.2, 0.25) is 0 Å². The maximum absolute atomic E-state index is 11.1. The van der Waals surface area contributed by atoms with Crippen LogP contribution in [0.15, 0.2) is 43.0 Å². The van der Waals surface area contributed by atoms with Crippen molar-refractivity contribution >= 4 is 5.97 Å². The first-order valence-corrected chi connectivity index (χ1v) is 4.88. The molecule has 1 heterocycles. The molecule has 0 spiro atoms. The first-order valence-electron chi connectivity index (χ1n) is 4.88. The molecule has 16 heavy (non-hydrogen) atoms. The van der Waals surface area contributed by atoms with Crippen molar-refractivity contribution in [2.75, 3.05) is 0 Å². The highest BCUT2D eigenvalue weighted by atomic mass is 16.4. The second-order valence-electron chi connectivity index (χ2n) is 3.42. The Balaban J connectivity index is 2.19. The van der Waals surface area contributed by atoms with Gasteiger partial charge in [-0.25, -0.2) is 14.5 Å². The molecule has 0 bridgehead atoms. The lowest BCUT2D eigenvalue weighted by Gasteiger charge is -2.11. The van der Waals surface area contributed by atoms with Gasteiger partial charge in [0.25, 0.3) is 0 Å². The van der Waals surface area contributed by atoms with E-state index in [1.54, 1.807) is 0 Å². The molecular weight excluding hydrogens is 206 g/mol. The van der Waals surface area contributed by atoms with Crippen LogP contribution in [0.3, 0.4) is 0 Å². The van der Waals surface area contributed by atoms with Gasteiger partial charge in [0, 0.05) is 6.42 Å². The fourth-order valence-corrected chi connectivity index (χ4v) is 1.51. The first kappa shape index (κ1) is 10.4. The molecule has 0 fully saturated rings. The van der Waals surface area contributed by atoms with Crippen LogP contribution in [0.5, 0.6) is 0 Å². The van der Waals surface area contributed by atoms with Gasteiger partial charge in [0.15, 0.2) is 6.04 Å². The predicted octanol–water partition coefficient (Wildman–Crippen LogP) is 1.15. The minimum atomic E-state index is -0.908. The number of nitrogens with zero attached hydrogens (tertiary/aromatic N) is 3. The molecule has 2 aromatic rings. The van der Waals surface area contributed by atoms with Crippen LogP contribution in [0.4, 0.5) is 0 Å². The standard InChI is InChI=1S/C11H11N3O2/c15-11(16)10(14-8-12-7-13-14)6-9-4-2-1-3-5-9/h1-5,7-8,10H,6H2,(H,15,16)/t10-/m0/s1. The fraction of sp³-hybridized carbons (Fsp3) is 0.182. The molecule has 0 radical (unpaired) electrons. The van der Waals surface area contributed by atoms with Crippen LogP contribution >= 0.6 is 0 Å². The Morgan fingerprint density at radius 3 is 2.69 bits per heavy atom. The number of hydrogen-bond donors (Lipinski definition) is 1. The Bertz CT molecular complexity index is 453. The molecule has 0 aliphatic rings. The Hall–Kier alpha value is -2.17. The molecule has 0 aliphatic heterocycles. The van der Waals surface area contributed by atoms with Gasteiger partial charge in [0.05, 0.1) is 0 Å². The van der Waals surface area contributed by atoms with Crippen molar-refractivity contribution in [3.63, 3.8) is 0 Å². The maximum atomic E-state index is 11.1. The molecular formula is C11H11N3O2. The molecule has 2 rings (SSSR count). The number of aliphatic carboxylic acids is 1. The molecule has 82 valence electrons. The monoisotopic (exact) mass is 217 g/mol. The van der Waals surface area contributed by atoms with Crippen LogP contribution in [0.25, 0.3) is 0 Å². The highest BCUT2D eigenvalue weighted by Gasteiger charge is 2.20. The zero-order chi connectivity index (χ0) is 11.4. The highest BCUT2D eigenvalue weighted by Crippen LogP contribution is 2.12. The molecule has 5 nitrogen and oxygen atoms in total. The summed E-state index contributed by atoms with van der Waals surface area (Å²) in [5.74, 6) is -0.908. The molecule has 1 atom stereocenters. The summed E-state index contributed by atoms with van der Waals surface area (Å²) in [6.45, 7) is 0. The van der Waals surface area contributed by atoms with Gasteiger partial charge in [-0.15, -0.1) is 0 Å². The zero-order valence-electron chi connectivity index (χ0n) is 8.52. The maximum Gasteiger partial charge on any atom is 0.328 e. The summed E-state index contributed by atoms with van der Waals surface area (Å²) < 4.78 is 1.36. The summed E-state index contributed by atoms with van der Waals surface area (Å²) >= 11 is 0. The van der Waals surface area contributed by atoms with Gasteiger partial charge in [-0.1, -0.05) is 30.3 Å². The van der Waals surface area contributed by atoms with E-state index in [9.17, 15) is 4.79 Å². The average Bonchev–Trinajstić information content (AvgIpc) is 2.80. The summed E-state index contributed by atoms with van der Waals surface area (Å²) in [7, 11) is 0. The van der Waals surface area contributed by atoms with Crippen LogP contribution in [-0.4, -0.2) is 25.8 Å². The summed E-state index contributed by atoms with van der Waals surface area (Å²) in [5, 5.41) is 13.0.